The molecule has 3 N–H and O–H groups in total. The molecule has 2 aromatic rings. The Hall–Kier alpha value is -1.92. The number of anilines is 1. The van der Waals surface area contributed by atoms with E-state index in [0.29, 0.717) is 16.5 Å². The van der Waals surface area contributed by atoms with E-state index in [-0.39, 0.29) is 16.8 Å². The second-order valence-electron chi connectivity index (χ2n) is 4.97. The molecule has 0 saturated heterocycles. The van der Waals surface area contributed by atoms with Gasteiger partial charge in [-0.25, -0.2) is 0 Å². The first kappa shape index (κ1) is 16.5. The van der Waals surface area contributed by atoms with Gasteiger partial charge in [-0.1, -0.05) is 26.0 Å². The van der Waals surface area contributed by atoms with Crippen molar-refractivity contribution in [1.29, 1.82) is 0 Å². The van der Waals surface area contributed by atoms with Gasteiger partial charge >= 0.3 is 0 Å². The highest BCUT2D eigenvalue weighted by atomic mass is 32.1. The van der Waals surface area contributed by atoms with Gasteiger partial charge in [0.2, 0.25) is 0 Å². The van der Waals surface area contributed by atoms with Crippen LogP contribution in [-0.4, -0.2) is 16.1 Å². The lowest BCUT2D eigenvalue weighted by molar-refractivity contribution is 0.0981. The van der Waals surface area contributed by atoms with Crippen molar-refractivity contribution in [2.45, 2.75) is 26.2 Å². The van der Waals surface area contributed by atoms with Crippen molar-refractivity contribution in [3.63, 3.8) is 0 Å². The van der Waals surface area contributed by atoms with Gasteiger partial charge in [0.15, 0.2) is 5.11 Å². The molecule has 0 spiro atoms. The van der Waals surface area contributed by atoms with Crippen LogP contribution in [0.4, 0.5) is 5.69 Å². The smallest absolute Gasteiger partial charge is 0.267 e. The van der Waals surface area contributed by atoms with E-state index in [1.165, 1.54) is 11.3 Å². The summed E-state index contributed by atoms with van der Waals surface area (Å²) in [7, 11) is 0. The third kappa shape index (κ3) is 4.05. The average Bonchev–Trinajstić information content (AvgIpc) is 3.03. The number of phenolic OH excluding ortho intramolecular Hbond substituents is 1. The van der Waals surface area contributed by atoms with Crippen LogP contribution in [0.2, 0.25) is 0 Å². The zero-order valence-electron chi connectivity index (χ0n) is 12.4. The zero-order valence-corrected chi connectivity index (χ0v) is 14.1. The van der Waals surface area contributed by atoms with Crippen LogP contribution in [0.15, 0.2) is 35.7 Å². The van der Waals surface area contributed by atoms with Crippen LogP contribution in [0.5, 0.6) is 5.75 Å². The van der Waals surface area contributed by atoms with Crippen LogP contribution in [0.25, 0.3) is 0 Å². The highest BCUT2D eigenvalue weighted by Gasteiger charge is 2.12. The molecule has 2 rings (SSSR count). The van der Waals surface area contributed by atoms with Crippen molar-refractivity contribution >= 4 is 40.3 Å². The van der Waals surface area contributed by atoms with E-state index < -0.39 is 0 Å². The molecule has 1 aromatic heterocycles. The number of rotatable bonds is 4. The predicted molar refractivity (Wildman–Crippen MR) is 94.8 cm³/mol. The lowest BCUT2D eigenvalue weighted by atomic mass is 9.98. The molecule has 4 nitrogen and oxygen atoms in total. The molecule has 22 heavy (non-hydrogen) atoms. The third-order valence-corrected chi connectivity index (χ3v) is 4.50. The number of phenols is 1. The Morgan fingerprint density at radius 2 is 2.18 bits per heavy atom. The molecule has 0 aliphatic heterocycles. The molecule has 0 unspecified atom stereocenters. The molecule has 1 atom stereocenters. The quantitative estimate of drug-likeness (QED) is 0.582. The Morgan fingerprint density at radius 1 is 1.41 bits per heavy atom. The van der Waals surface area contributed by atoms with Crippen LogP contribution >= 0.6 is 23.6 Å². The summed E-state index contributed by atoms with van der Waals surface area (Å²) in [6.07, 6.45) is 1.00. The van der Waals surface area contributed by atoms with E-state index in [1.807, 2.05) is 17.5 Å². The van der Waals surface area contributed by atoms with E-state index in [4.69, 9.17) is 12.2 Å². The summed E-state index contributed by atoms with van der Waals surface area (Å²) in [5, 5.41) is 17.4. The lowest BCUT2D eigenvalue weighted by Crippen LogP contribution is -2.33. The highest BCUT2D eigenvalue weighted by Crippen LogP contribution is 2.29. The summed E-state index contributed by atoms with van der Waals surface area (Å²) < 4.78 is 0. The van der Waals surface area contributed by atoms with E-state index in [0.717, 1.165) is 12.0 Å². The summed E-state index contributed by atoms with van der Waals surface area (Å²) in [5.74, 6) is 0.222. The molecular formula is C16H18N2O2S2. The minimum Gasteiger partial charge on any atom is -0.506 e. The second-order valence-corrected chi connectivity index (χ2v) is 6.33. The van der Waals surface area contributed by atoms with Crippen LogP contribution in [-0.2, 0) is 0 Å². The SMILES string of the molecule is CC[C@H](C)c1ccc(O)c(NC(=S)NC(=O)c2cccs2)c1. The van der Waals surface area contributed by atoms with Gasteiger partial charge in [-0.3, -0.25) is 10.1 Å². The fourth-order valence-corrected chi connectivity index (χ4v) is 2.74. The monoisotopic (exact) mass is 334 g/mol. The molecule has 1 amide bonds. The second kappa shape index (κ2) is 7.38. The van der Waals surface area contributed by atoms with Gasteiger partial charge in [-0.15, -0.1) is 11.3 Å². The molecular weight excluding hydrogens is 316 g/mol. The number of hydrogen-bond donors (Lipinski definition) is 3. The van der Waals surface area contributed by atoms with Crippen LogP contribution < -0.4 is 10.6 Å². The number of nitrogens with one attached hydrogen (secondary N) is 2. The molecule has 0 aliphatic rings. The van der Waals surface area contributed by atoms with Gasteiger partial charge in [0, 0.05) is 0 Å². The molecule has 0 fully saturated rings. The summed E-state index contributed by atoms with van der Waals surface area (Å²) in [6, 6.07) is 8.91. The summed E-state index contributed by atoms with van der Waals surface area (Å²) in [6.45, 7) is 4.23. The van der Waals surface area contributed by atoms with Gasteiger partial charge < -0.3 is 10.4 Å². The van der Waals surface area contributed by atoms with E-state index >= 15 is 0 Å². The fraction of sp³-hybridized carbons (Fsp3) is 0.250. The molecule has 0 aliphatic carbocycles. The number of aromatic hydroxyl groups is 1. The standard InChI is InChI=1S/C16H18N2O2S2/c1-3-10(2)11-6-7-13(19)12(9-11)17-16(21)18-15(20)14-5-4-8-22-14/h4-10,19H,3H2,1-2H3,(H2,17,18,20,21)/t10-/m0/s1. The van der Waals surface area contributed by atoms with Crippen molar-refractivity contribution in [3.8, 4) is 5.75 Å². The molecule has 6 heteroatoms. The van der Waals surface area contributed by atoms with E-state index in [1.54, 1.807) is 18.2 Å². The third-order valence-electron chi connectivity index (χ3n) is 3.42. The van der Waals surface area contributed by atoms with Gasteiger partial charge in [0.1, 0.15) is 5.75 Å². The number of amides is 1. The maximum Gasteiger partial charge on any atom is 0.267 e. The molecule has 0 bridgehead atoms. The molecule has 0 saturated carbocycles. The summed E-state index contributed by atoms with van der Waals surface area (Å²) in [4.78, 5) is 12.5. The minimum atomic E-state index is -0.259. The van der Waals surface area contributed by atoms with Crippen LogP contribution in [0.3, 0.4) is 0 Å². The van der Waals surface area contributed by atoms with E-state index in [9.17, 15) is 9.90 Å². The first-order valence-corrected chi connectivity index (χ1v) is 8.28. The van der Waals surface area contributed by atoms with Crippen LogP contribution in [0.1, 0.15) is 41.4 Å². The Morgan fingerprint density at radius 3 is 2.82 bits per heavy atom. The van der Waals surface area contributed by atoms with Crippen LogP contribution in [0, 0.1) is 0 Å². The van der Waals surface area contributed by atoms with E-state index in [2.05, 4.69) is 24.5 Å². The Bertz CT molecular complexity index is 669. The maximum atomic E-state index is 11.9. The number of thiocarbonyl (C=S) groups is 1. The number of benzene rings is 1. The predicted octanol–water partition coefficient (Wildman–Crippen LogP) is 4.09. The van der Waals surface area contributed by atoms with Crippen molar-refractivity contribution in [1.82, 2.24) is 5.32 Å². The zero-order chi connectivity index (χ0) is 16.1. The lowest BCUT2D eigenvalue weighted by Gasteiger charge is -2.14. The van der Waals surface area contributed by atoms with Crippen molar-refractivity contribution in [2.75, 3.05) is 5.32 Å². The number of carbonyl (C=O) groups excluding carboxylic acids is 1. The largest absolute Gasteiger partial charge is 0.506 e. The number of thiophene rings is 1. The van der Waals surface area contributed by atoms with Gasteiger partial charge in [-0.2, -0.15) is 0 Å². The van der Waals surface area contributed by atoms with Crippen molar-refractivity contribution < 1.29 is 9.90 Å². The number of carbonyl (C=O) groups is 1. The summed E-state index contributed by atoms with van der Waals surface area (Å²) in [5.41, 5.74) is 1.60. The Balaban J connectivity index is 2.06. The average molecular weight is 334 g/mol. The van der Waals surface area contributed by atoms with Crippen molar-refractivity contribution in [3.05, 3.63) is 46.2 Å². The Labute approximate surface area is 139 Å². The molecule has 1 heterocycles. The van der Waals surface area contributed by atoms with Gasteiger partial charge in [0.25, 0.3) is 5.91 Å². The van der Waals surface area contributed by atoms with Gasteiger partial charge in [-0.05, 0) is 53.7 Å². The normalized spacial score (nSPS) is 11.7. The first-order chi connectivity index (χ1) is 10.5. The molecule has 0 radical (unpaired) electrons. The maximum absolute atomic E-state index is 11.9. The summed E-state index contributed by atoms with van der Waals surface area (Å²) >= 11 is 6.48. The minimum absolute atomic E-state index is 0.0970. The highest BCUT2D eigenvalue weighted by molar-refractivity contribution is 7.80. The topological polar surface area (TPSA) is 61.4 Å². The van der Waals surface area contributed by atoms with Crippen molar-refractivity contribution in [2.24, 2.45) is 0 Å². The number of hydrogen-bond acceptors (Lipinski definition) is 4. The Kier molecular flexibility index (Phi) is 5.51. The first-order valence-electron chi connectivity index (χ1n) is 7.00. The molecule has 1 aromatic carbocycles. The fourth-order valence-electron chi connectivity index (χ4n) is 1.92. The molecule has 116 valence electrons. The van der Waals surface area contributed by atoms with Gasteiger partial charge in [0.05, 0.1) is 10.6 Å².